The maximum atomic E-state index is 6.60. The molecule has 1 N–H and O–H groups in total. The second-order valence-electron chi connectivity index (χ2n) is 6.60. The summed E-state index contributed by atoms with van der Waals surface area (Å²) in [5.74, 6) is 1.68. The molecule has 1 unspecified atom stereocenters. The molecule has 21 heavy (non-hydrogen) atoms. The van der Waals surface area contributed by atoms with Gasteiger partial charge in [0.25, 0.3) is 0 Å². The number of hydrogen-bond acceptors (Lipinski definition) is 1. The highest BCUT2D eigenvalue weighted by Gasteiger charge is 2.29. The van der Waals surface area contributed by atoms with Gasteiger partial charge in [-0.1, -0.05) is 62.9 Å². The molecule has 1 aliphatic carbocycles. The molecule has 2 heteroatoms. The van der Waals surface area contributed by atoms with E-state index in [0.717, 1.165) is 23.4 Å². The van der Waals surface area contributed by atoms with Gasteiger partial charge in [-0.05, 0) is 55.7 Å². The van der Waals surface area contributed by atoms with Crippen LogP contribution in [0.3, 0.4) is 0 Å². The maximum absolute atomic E-state index is 6.60. The Hall–Kier alpha value is -0.530. The van der Waals surface area contributed by atoms with Crippen molar-refractivity contribution in [2.24, 2.45) is 11.8 Å². The molecule has 0 saturated heterocycles. The SMILES string of the molecule is CCCNC(c1cccc(C)c1Cl)C1CCC(CC)CC1. The summed E-state index contributed by atoms with van der Waals surface area (Å²) < 4.78 is 0. The van der Waals surface area contributed by atoms with Crippen LogP contribution in [-0.4, -0.2) is 6.54 Å². The van der Waals surface area contributed by atoms with E-state index >= 15 is 0 Å². The summed E-state index contributed by atoms with van der Waals surface area (Å²) in [6.45, 7) is 7.74. The van der Waals surface area contributed by atoms with Crippen molar-refractivity contribution in [3.8, 4) is 0 Å². The van der Waals surface area contributed by atoms with Crippen LogP contribution in [0.25, 0.3) is 0 Å². The number of hydrogen-bond donors (Lipinski definition) is 1. The fraction of sp³-hybridized carbons (Fsp3) is 0.684. The molecule has 0 aliphatic heterocycles. The van der Waals surface area contributed by atoms with Crippen LogP contribution < -0.4 is 5.32 Å². The van der Waals surface area contributed by atoms with E-state index in [9.17, 15) is 0 Å². The second kappa shape index (κ2) is 8.19. The highest BCUT2D eigenvalue weighted by Crippen LogP contribution is 2.40. The summed E-state index contributed by atoms with van der Waals surface area (Å²) in [5.41, 5.74) is 2.50. The lowest BCUT2D eigenvalue weighted by atomic mass is 9.76. The van der Waals surface area contributed by atoms with Gasteiger partial charge < -0.3 is 5.32 Å². The van der Waals surface area contributed by atoms with E-state index in [1.807, 2.05) is 0 Å². The minimum absolute atomic E-state index is 0.426. The van der Waals surface area contributed by atoms with Crippen molar-refractivity contribution in [3.05, 3.63) is 34.3 Å². The molecule has 1 aromatic rings. The van der Waals surface area contributed by atoms with Gasteiger partial charge in [-0.15, -0.1) is 0 Å². The molecule has 0 bridgehead atoms. The summed E-state index contributed by atoms with van der Waals surface area (Å²) in [6, 6.07) is 6.90. The zero-order valence-corrected chi connectivity index (χ0v) is 14.5. The summed E-state index contributed by atoms with van der Waals surface area (Å²) >= 11 is 6.60. The van der Waals surface area contributed by atoms with Crippen LogP contribution in [-0.2, 0) is 0 Å². The summed E-state index contributed by atoms with van der Waals surface area (Å²) in [7, 11) is 0. The van der Waals surface area contributed by atoms with Crippen molar-refractivity contribution in [3.63, 3.8) is 0 Å². The van der Waals surface area contributed by atoms with E-state index in [4.69, 9.17) is 11.6 Å². The Balaban J connectivity index is 2.16. The van der Waals surface area contributed by atoms with Crippen LogP contribution in [0.1, 0.15) is 69.5 Å². The molecule has 1 aromatic carbocycles. The smallest absolute Gasteiger partial charge is 0.0483 e. The average molecular weight is 308 g/mol. The van der Waals surface area contributed by atoms with Crippen LogP contribution in [0.5, 0.6) is 0 Å². The van der Waals surface area contributed by atoms with Crippen molar-refractivity contribution in [1.82, 2.24) is 5.32 Å². The van der Waals surface area contributed by atoms with Crippen LogP contribution in [0.15, 0.2) is 18.2 Å². The second-order valence-corrected chi connectivity index (χ2v) is 6.98. The Kier molecular flexibility index (Phi) is 6.57. The molecule has 1 saturated carbocycles. The molecule has 0 amide bonds. The van der Waals surface area contributed by atoms with E-state index in [2.05, 4.69) is 44.3 Å². The Bertz CT molecular complexity index is 435. The van der Waals surface area contributed by atoms with E-state index < -0.39 is 0 Å². The number of aryl methyl sites for hydroxylation is 1. The first kappa shape index (κ1) is 16.8. The van der Waals surface area contributed by atoms with Crippen molar-refractivity contribution in [1.29, 1.82) is 0 Å². The number of rotatable bonds is 6. The molecule has 1 fully saturated rings. The van der Waals surface area contributed by atoms with Crippen molar-refractivity contribution in [2.45, 2.75) is 65.3 Å². The Labute approximate surface area is 135 Å². The summed E-state index contributed by atoms with van der Waals surface area (Å²) in [5, 5.41) is 4.73. The first-order chi connectivity index (χ1) is 10.2. The Morgan fingerprint density at radius 3 is 2.52 bits per heavy atom. The van der Waals surface area contributed by atoms with Gasteiger partial charge in [0, 0.05) is 11.1 Å². The van der Waals surface area contributed by atoms with Crippen LogP contribution >= 0.6 is 11.6 Å². The minimum Gasteiger partial charge on any atom is -0.310 e. The van der Waals surface area contributed by atoms with E-state index in [1.54, 1.807) is 0 Å². The van der Waals surface area contributed by atoms with Gasteiger partial charge >= 0.3 is 0 Å². The molecule has 0 heterocycles. The van der Waals surface area contributed by atoms with E-state index in [0.29, 0.717) is 6.04 Å². The molecule has 1 aliphatic rings. The van der Waals surface area contributed by atoms with Gasteiger partial charge in [-0.3, -0.25) is 0 Å². The third-order valence-corrected chi connectivity index (χ3v) is 5.63. The highest BCUT2D eigenvalue weighted by molar-refractivity contribution is 6.32. The fourth-order valence-electron chi connectivity index (χ4n) is 3.67. The first-order valence-corrected chi connectivity index (χ1v) is 9.03. The number of benzene rings is 1. The molecule has 118 valence electrons. The molecular weight excluding hydrogens is 278 g/mol. The lowest BCUT2D eigenvalue weighted by molar-refractivity contribution is 0.219. The van der Waals surface area contributed by atoms with Crippen molar-refractivity contribution >= 4 is 11.6 Å². The normalized spacial score (nSPS) is 24.0. The molecule has 2 rings (SSSR count). The standard InChI is InChI=1S/C19H30ClN/c1-4-13-21-19(16-11-9-15(5-2)10-12-16)17-8-6-7-14(3)18(17)20/h6-8,15-16,19,21H,4-5,9-13H2,1-3H3. The minimum atomic E-state index is 0.426. The van der Waals surface area contributed by atoms with Crippen molar-refractivity contribution in [2.75, 3.05) is 6.54 Å². The summed E-state index contributed by atoms with van der Waals surface area (Å²) in [4.78, 5) is 0. The molecular formula is C19H30ClN. The fourth-order valence-corrected chi connectivity index (χ4v) is 3.91. The lowest BCUT2D eigenvalue weighted by Gasteiger charge is -2.35. The third kappa shape index (κ3) is 4.23. The zero-order chi connectivity index (χ0) is 15.2. The monoisotopic (exact) mass is 307 g/mol. The predicted molar refractivity (Wildman–Crippen MR) is 93.0 cm³/mol. The van der Waals surface area contributed by atoms with Gasteiger partial charge in [-0.25, -0.2) is 0 Å². The highest BCUT2D eigenvalue weighted by atomic mass is 35.5. The van der Waals surface area contributed by atoms with Crippen LogP contribution in [0.2, 0.25) is 5.02 Å². The van der Waals surface area contributed by atoms with Gasteiger partial charge in [0.1, 0.15) is 0 Å². The molecule has 1 nitrogen and oxygen atoms in total. The van der Waals surface area contributed by atoms with Gasteiger partial charge in [0.2, 0.25) is 0 Å². The zero-order valence-electron chi connectivity index (χ0n) is 13.8. The topological polar surface area (TPSA) is 12.0 Å². The Morgan fingerprint density at radius 2 is 1.90 bits per heavy atom. The van der Waals surface area contributed by atoms with Crippen LogP contribution in [0.4, 0.5) is 0 Å². The summed E-state index contributed by atoms with van der Waals surface area (Å²) in [6.07, 6.45) is 7.95. The third-order valence-electron chi connectivity index (χ3n) is 5.11. The van der Waals surface area contributed by atoms with E-state index in [1.165, 1.54) is 49.7 Å². The molecule has 0 spiro atoms. The quantitative estimate of drug-likeness (QED) is 0.689. The Morgan fingerprint density at radius 1 is 1.19 bits per heavy atom. The van der Waals surface area contributed by atoms with Crippen LogP contribution in [0, 0.1) is 18.8 Å². The molecule has 0 radical (unpaired) electrons. The predicted octanol–water partition coefficient (Wildman–Crippen LogP) is 5.91. The van der Waals surface area contributed by atoms with Gasteiger partial charge in [-0.2, -0.15) is 0 Å². The number of halogens is 1. The average Bonchev–Trinajstić information content (AvgIpc) is 2.52. The van der Waals surface area contributed by atoms with Crippen molar-refractivity contribution < 1.29 is 0 Å². The van der Waals surface area contributed by atoms with E-state index in [-0.39, 0.29) is 0 Å². The largest absolute Gasteiger partial charge is 0.310 e. The maximum Gasteiger partial charge on any atom is 0.0483 e. The van der Waals surface area contributed by atoms with Gasteiger partial charge in [0.05, 0.1) is 0 Å². The number of nitrogens with one attached hydrogen (secondary N) is 1. The lowest BCUT2D eigenvalue weighted by Crippen LogP contribution is -2.32. The molecule has 0 aromatic heterocycles. The first-order valence-electron chi connectivity index (χ1n) is 8.65. The van der Waals surface area contributed by atoms with Gasteiger partial charge in [0.15, 0.2) is 0 Å². The molecule has 1 atom stereocenters.